The van der Waals surface area contributed by atoms with Crippen molar-refractivity contribution < 1.29 is 9.53 Å². The van der Waals surface area contributed by atoms with Crippen molar-refractivity contribution in [3.8, 4) is 0 Å². The Bertz CT molecular complexity index is 361. The second-order valence-corrected chi connectivity index (χ2v) is 3.82. The van der Waals surface area contributed by atoms with Crippen LogP contribution < -0.4 is 5.73 Å². The molecule has 1 aromatic heterocycles. The fraction of sp³-hybridized carbons (Fsp3) is 0.600. The maximum atomic E-state index is 11.2. The molecule has 82 valence electrons. The lowest BCUT2D eigenvalue weighted by Gasteiger charge is -2.15. The average molecular weight is 209 g/mol. The number of carbonyl (C=O) groups is 1. The van der Waals surface area contributed by atoms with Crippen molar-refractivity contribution in [1.29, 1.82) is 0 Å². The summed E-state index contributed by atoms with van der Waals surface area (Å²) in [6, 6.07) is 1.70. The predicted molar refractivity (Wildman–Crippen MR) is 54.2 cm³/mol. The molecule has 1 aliphatic rings. The van der Waals surface area contributed by atoms with Gasteiger partial charge in [0.25, 0.3) is 0 Å². The first-order valence-corrected chi connectivity index (χ1v) is 5.08. The standard InChI is InChI=1S/C10H15N3O2/c1-15-10(14)9(11)6-8-3-2-7-4-5-12-13(7)8/h4-5,8-9H,2-3,6,11H2,1H3. The van der Waals surface area contributed by atoms with E-state index in [1.54, 1.807) is 6.20 Å². The summed E-state index contributed by atoms with van der Waals surface area (Å²) in [5, 5.41) is 4.23. The van der Waals surface area contributed by atoms with Crippen LogP contribution in [0.4, 0.5) is 0 Å². The quantitative estimate of drug-likeness (QED) is 0.725. The summed E-state index contributed by atoms with van der Waals surface area (Å²) >= 11 is 0. The Morgan fingerprint density at radius 1 is 1.87 bits per heavy atom. The van der Waals surface area contributed by atoms with Crippen LogP contribution in [0.2, 0.25) is 0 Å². The third-order valence-corrected chi connectivity index (χ3v) is 2.86. The molecule has 0 bridgehead atoms. The fourth-order valence-electron chi connectivity index (χ4n) is 2.06. The monoisotopic (exact) mass is 209 g/mol. The number of rotatable bonds is 3. The molecule has 15 heavy (non-hydrogen) atoms. The number of aryl methyl sites for hydroxylation is 1. The Labute approximate surface area is 88.2 Å². The van der Waals surface area contributed by atoms with Gasteiger partial charge in [-0.3, -0.25) is 9.48 Å². The van der Waals surface area contributed by atoms with E-state index in [4.69, 9.17) is 5.73 Å². The number of esters is 1. The second kappa shape index (κ2) is 4.02. The summed E-state index contributed by atoms with van der Waals surface area (Å²) in [6.07, 6.45) is 4.40. The first kappa shape index (κ1) is 10.2. The predicted octanol–water partition coefficient (Wildman–Crippen LogP) is 0.261. The molecule has 1 aliphatic heterocycles. The van der Waals surface area contributed by atoms with Crippen molar-refractivity contribution in [2.45, 2.75) is 31.3 Å². The number of ether oxygens (including phenoxy) is 1. The number of methoxy groups -OCH3 is 1. The van der Waals surface area contributed by atoms with Crippen LogP contribution in [-0.4, -0.2) is 28.9 Å². The van der Waals surface area contributed by atoms with Crippen molar-refractivity contribution in [2.75, 3.05) is 7.11 Å². The molecule has 1 aromatic rings. The highest BCUT2D eigenvalue weighted by atomic mass is 16.5. The van der Waals surface area contributed by atoms with Crippen molar-refractivity contribution >= 4 is 5.97 Å². The number of nitrogens with zero attached hydrogens (tertiary/aromatic N) is 2. The van der Waals surface area contributed by atoms with Crippen molar-refractivity contribution in [2.24, 2.45) is 5.73 Å². The van der Waals surface area contributed by atoms with Crippen LogP contribution in [0.5, 0.6) is 0 Å². The molecular weight excluding hydrogens is 194 g/mol. The molecule has 0 saturated heterocycles. The fourth-order valence-corrected chi connectivity index (χ4v) is 2.06. The first-order valence-electron chi connectivity index (χ1n) is 5.08. The van der Waals surface area contributed by atoms with Gasteiger partial charge in [0.05, 0.1) is 13.2 Å². The van der Waals surface area contributed by atoms with E-state index < -0.39 is 6.04 Å². The minimum Gasteiger partial charge on any atom is -0.468 e. The maximum Gasteiger partial charge on any atom is 0.322 e. The van der Waals surface area contributed by atoms with E-state index in [-0.39, 0.29) is 12.0 Å². The van der Waals surface area contributed by atoms with Crippen LogP contribution in [-0.2, 0) is 16.0 Å². The minimum atomic E-state index is -0.546. The zero-order valence-corrected chi connectivity index (χ0v) is 8.72. The maximum absolute atomic E-state index is 11.2. The molecule has 2 atom stereocenters. The lowest BCUT2D eigenvalue weighted by atomic mass is 10.1. The van der Waals surface area contributed by atoms with Crippen LogP contribution in [0.1, 0.15) is 24.6 Å². The highest BCUT2D eigenvalue weighted by Gasteiger charge is 2.27. The Hall–Kier alpha value is -1.36. The largest absolute Gasteiger partial charge is 0.468 e. The van der Waals surface area contributed by atoms with Gasteiger partial charge in [0, 0.05) is 11.9 Å². The summed E-state index contributed by atoms with van der Waals surface area (Å²) in [7, 11) is 1.36. The van der Waals surface area contributed by atoms with Gasteiger partial charge in [-0.1, -0.05) is 0 Å². The van der Waals surface area contributed by atoms with Crippen LogP contribution in [0.3, 0.4) is 0 Å². The molecular formula is C10H15N3O2. The van der Waals surface area contributed by atoms with Gasteiger partial charge in [0.1, 0.15) is 6.04 Å². The number of fused-ring (bicyclic) bond motifs is 1. The van der Waals surface area contributed by atoms with Gasteiger partial charge in [0.2, 0.25) is 0 Å². The summed E-state index contributed by atoms with van der Waals surface area (Å²) in [4.78, 5) is 11.2. The molecule has 0 fully saturated rings. The van der Waals surface area contributed by atoms with Gasteiger partial charge in [-0.25, -0.2) is 0 Å². The van der Waals surface area contributed by atoms with Gasteiger partial charge in [-0.05, 0) is 25.3 Å². The van der Waals surface area contributed by atoms with E-state index in [0.29, 0.717) is 6.42 Å². The number of carbonyl (C=O) groups excluding carboxylic acids is 1. The van der Waals surface area contributed by atoms with E-state index >= 15 is 0 Å². The molecule has 0 aromatic carbocycles. The Morgan fingerprint density at radius 3 is 3.40 bits per heavy atom. The minimum absolute atomic E-state index is 0.240. The zero-order chi connectivity index (χ0) is 10.8. The van der Waals surface area contributed by atoms with Gasteiger partial charge < -0.3 is 10.5 Å². The van der Waals surface area contributed by atoms with Gasteiger partial charge in [-0.15, -0.1) is 0 Å². The molecule has 0 saturated carbocycles. The molecule has 0 amide bonds. The van der Waals surface area contributed by atoms with Gasteiger partial charge >= 0.3 is 5.97 Å². The van der Waals surface area contributed by atoms with Crippen molar-refractivity contribution in [3.05, 3.63) is 18.0 Å². The lowest BCUT2D eigenvalue weighted by molar-refractivity contribution is -0.142. The Morgan fingerprint density at radius 2 is 2.67 bits per heavy atom. The second-order valence-electron chi connectivity index (χ2n) is 3.82. The van der Waals surface area contributed by atoms with Gasteiger partial charge in [-0.2, -0.15) is 5.10 Å². The number of hydrogen-bond acceptors (Lipinski definition) is 4. The molecule has 5 heteroatoms. The summed E-state index contributed by atoms with van der Waals surface area (Å²) in [5.41, 5.74) is 6.94. The lowest BCUT2D eigenvalue weighted by Crippen LogP contribution is -2.33. The number of nitrogens with two attached hydrogens (primary N) is 1. The van der Waals surface area contributed by atoms with E-state index in [1.807, 2.05) is 10.7 Å². The Balaban J connectivity index is 2.00. The molecule has 2 heterocycles. The third kappa shape index (κ3) is 1.87. The van der Waals surface area contributed by atoms with E-state index in [1.165, 1.54) is 12.8 Å². The van der Waals surface area contributed by atoms with Gasteiger partial charge in [0.15, 0.2) is 0 Å². The summed E-state index contributed by atoms with van der Waals surface area (Å²) in [6.45, 7) is 0. The van der Waals surface area contributed by atoms with Crippen molar-refractivity contribution in [3.63, 3.8) is 0 Å². The number of hydrogen-bond donors (Lipinski definition) is 1. The molecule has 0 spiro atoms. The highest BCUT2D eigenvalue weighted by molar-refractivity contribution is 5.75. The third-order valence-electron chi connectivity index (χ3n) is 2.86. The van der Waals surface area contributed by atoms with Crippen LogP contribution in [0.25, 0.3) is 0 Å². The number of aromatic nitrogens is 2. The summed E-state index contributed by atoms with van der Waals surface area (Å²) in [5.74, 6) is -0.351. The first-order chi connectivity index (χ1) is 7.22. The molecule has 5 nitrogen and oxygen atoms in total. The normalized spacial score (nSPS) is 21.1. The Kier molecular flexibility index (Phi) is 2.73. The molecule has 2 rings (SSSR count). The topological polar surface area (TPSA) is 70.1 Å². The zero-order valence-electron chi connectivity index (χ0n) is 8.72. The smallest absolute Gasteiger partial charge is 0.322 e. The summed E-state index contributed by atoms with van der Waals surface area (Å²) < 4.78 is 6.56. The molecule has 0 radical (unpaired) electrons. The van der Waals surface area contributed by atoms with Crippen LogP contribution >= 0.6 is 0 Å². The van der Waals surface area contributed by atoms with E-state index in [0.717, 1.165) is 12.8 Å². The van der Waals surface area contributed by atoms with Crippen LogP contribution in [0.15, 0.2) is 12.3 Å². The average Bonchev–Trinajstić information content (AvgIpc) is 2.81. The van der Waals surface area contributed by atoms with Crippen molar-refractivity contribution in [1.82, 2.24) is 9.78 Å². The molecule has 2 N–H and O–H groups in total. The van der Waals surface area contributed by atoms with E-state index in [9.17, 15) is 4.79 Å². The van der Waals surface area contributed by atoms with E-state index in [2.05, 4.69) is 9.84 Å². The molecule has 2 unspecified atom stereocenters. The highest BCUT2D eigenvalue weighted by Crippen LogP contribution is 2.27. The SMILES string of the molecule is COC(=O)C(N)CC1CCc2ccnn21. The van der Waals surface area contributed by atoms with Crippen LogP contribution in [0, 0.1) is 0 Å². The molecule has 0 aliphatic carbocycles.